The van der Waals surface area contributed by atoms with Crippen molar-refractivity contribution in [2.45, 2.75) is 13.0 Å². The molecule has 8 heteroatoms. The maximum Gasteiger partial charge on any atom is 0.280 e. The summed E-state index contributed by atoms with van der Waals surface area (Å²) in [5.74, 6) is -0.0771. The molecule has 118 valence electrons. The summed E-state index contributed by atoms with van der Waals surface area (Å²) in [6.45, 7) is 1.95. The molecule has 0 fully saturated rings. The number of hydrogen-bond donors (Lipinski definition) is 1. The smallest absolute Gasteiger partial charge is 0.239 e. The van der Waals surface area contributed by atoms with Gasteiger partial charge in [0, 0.05) is 26.0 Å². The average Bonchev–Trinajstić information content (AvgIpc) is 2.50. The molecule has 0 aliphatic carbocycles. The van der Waals surface area contributed by atoms with E-state index in [0.717, 1.165) is 4.31 Å². The monoisotopic (exact) mass is 324 g/mol. The second-order valence-corrected chi connectivity index (χ2v) is 6.39. The number of halogens is 1. The summed E-state index contributed by atoms with van der Waals surface area (Å²) in [6.07, 6.45) is 3.07. The molecule has 0 saturated heterocycles. The van der Waals surface area contributed by atoms with Crippen molar-refractivity contribution in [3.8, 4) is 0 Å². The van der Waals surface area contributed by atoms with Gasteiger partial charge in [-0.15, -0.1) is 0 Å². The van der Waals surface area contributed by atoms with Gasteiger partial charge in [0.15, 0.2) is 5.82 Å². The first-order chi connectivity index (χ1) is 10.5. The molecule has 0 saturated carbocycles. The van der Waals surface area contributed by atoms with Crippen LogP contribution >= 0.6 is 0 Å². The van der Waals surface area contributed by atoms with Gasteiger partial charge in [0.25, 0.3) is 10.2 Å². The third-order valence-electron chi connectivity index (χ3n) is 3.09. The molecule has 0 radical (unpaired) electrons. The van der Waals surface area contributed by atoms with Crippen molar-refractivity contribution in [1.82, 2.24) is 19.0 Å². The number of nitrogens with one attached hydrogen (secondary N) is 1. The second kappa shape index (κ2) is 6.91. The third kappa shape index (κ3) is 3.65. The highest BCUT2D eigenvalue weighted by Crippen LogP contribution is 2.26. The summed E-state index contributed by atoms with van der Waals surface area (Å²) in [6, 6.07) is 6.50. The van der Waals surface area contributed by atoms with E-state index in [9.17, 15) is 12.8 Å². The molecule has 0 aliphatic heterocycles. The van der Waals surface area contributed by atoms with E-state index in [0.29, 0.717) is 11.4 Å². The molecular formula is C14H17FN4O2S. The van der Waals surface area contributed by atoms with E-state index in [2.05, 4.69) is 14.7 Å². The highest BCUT2D eigenvalue weighted by atomic mass is 32.2. The summed E-state index contributed by atoms with van der Waals surface area (Å²) >= 11 is 0. The molecule has 22 heavy (non-hydrogen) atoms. The van der Waals surface area contributed by atoms with E-state index in [1.54, 1.807) is 13.0 Å². The zero-order valence-electron chi connectivity index (χ0n) is 12.3. The fourth-order valence-corrected chi connectivity index (χ4v) is 3.10. The lowest BCUT2D eigenvalue weighted by Gasteiger charge is -2.26. The molecule has 2 rings (SSSR count). The molecule has 1 atom stereocenters. The summed E-state index contributed by atoms with van der Waals surface area (Å²) < 4.78 is 41.2. The van der Waals surface area contributed by atoms with Gasteiger partial charge < -0.3 is 0 Å². The molecular weight excluding hydrogens is 307 g/mol. The van der Waals surface area contributed by atoms with Gasteiger partial charge in [0.05, 0.1) is 0 Å². The van der Waals surface area contributed by atoms with Gasteiger partial charge in [-0.05, 0) is 23.8 Å². The lowest BCUT2D eigenvalue weighted by Crippen LogP contribution is -2.41. The summed E-state index contributed by atoms with van der Waals surface area (Å²) in [5, 5.41) is 0. The van der Waals surface area contributed by atoms with E-state index in [1.165, 1.54) is 43.7 Å². The van der Waals surface area contributed by atoms with Crippen molar-refractivity contribution in [2.75, 3.05) is 13.6 Å². The number of nitrogens with zero attached hydrogens (tertiary/aromatic N) is 3. The standard InChI is InChI=1S/C14H17FN4O2S/c1-3-18-22(20,21)19(2)13(14-16-9-4-10-17-14)11-5-7-12(15)8-6-11/h4-10,13,18H,3H2,1-2H3. The maximum absolute atomic E-state index is 13.1. The minimum Gasteiger partial charge on any atom is -0.239 e. The maximum atomic E-state index is 13.1. The summed E-state index contributed by atoms with van der Waals surface area (Å²) in [4.78, 5) is 8.27. The largest absolute Gasteiger partial charge is 0.280 e. The topological polar surface area (TPSA) is 75.2 Å². The van der Waals surface area contributed by atoms with Gasteiger partial charge in [-0.3, -0.25) is 0 Å². The Balaban J connectivity index is 2.49. The molecule has 1 heterocycles. The fourth-order valence-electron chi connectivity index (χ4n) is 2.04. The number of aromatic nitrogens is 2. The Kier molecular flexibility index (Phi) is 5.17. The van der Waals surface area contributed by atoms with Crippen molar-refractivity contribution in [3.05, 3.63) is 59.9 Å². The predicted molar refractivity (Wildman–Crippen MR) is 80.6 cm³/mol. The Morgan fingerprint density at radius 2 is 1.82 bits per heavy atom. The van der Waals surface area contributed by atoms with Crippen molar-refractivity contribution in [1.29, 1.82) is 0 Å². The Morgan fingerprint density at radius 1 is 1.23 bits per heavy atom. The van der Waals surface area contributed by atoms with Gasteiger partial charge in [-0.1, -0.05) is 19.1 Å². The molecule has 0 amide bonds. The molecule has 1 aromatic carbocycles. The molecule has 2 aromatic rings. The zero-order valence-corrected chi connectivity index (χ0v) is 13.1. The molecule has 1 N–H and O–H groups in total. The van der Waals surface area contributed by atoms with Crippen molar-refractivity contribution >= 4 is 10.2 Å². The lowest BCUT2D eigenvalue weighted by atomic mass is 10.1. The summed E-state index contributed by atoms with van der Waals surface area (Å²) in [5.41, 5.74) is 0.580. The van der Waals surface area contributed by atoms with E-state index in [-0.39, 0.29) is 6.54 Å². The van der Waals surface area contributed by atoms with Crippen LogP contribution in [0.5, 0.6) is 0 Å². The average molecular weight is 324 g/mol. The van der Waals surface area contributed by atoms with Gasteiger partial charge in [0.2, 0.25) is 0 Å². The second-order valence-electron chi connectivity index (χ2n) is 4.58. The Labute approximate surface area is 129 Å². The van der Waals surface area contributed by atoms with Crippen LogP contribution in [0.3, 0.4) is 0 Å². The molecule has 1 unspecified atom stereocenters. The van der Waals surface area contributed by atoms with E-state index >= 15 is 0 Å². The van der Waals surface area contributed by atoms with Crippen LogP contribution in [0.4, 0.5) is 4.39 Å². The zero-order chi connectivity index (χ0) is 16.2. The third-order valence-corrected chi connectivity index (χ3v) is 4.71. The first-order valence-corrected chi connectivity index (χ1v) is 8.14. The van der Waals surface area contributed by atoms with Crippen LogP contribution in [0.2, 0.25) is 0 Å². The number of hydrogen-bond acceptors (Lipinski definition) is 4. The normalized spacial score (nSPS) is 13.3. The van der Waals surface area contributed by atoms with Crippen molar-refractivity contribution in [3.63, 3.8) is 0 Å². The molecule has 0 spiro atoms. The summed E-state index contributed by atoms with van der Waals surface area (Å²) in [7, 11) is -2.27. The van der Waals surface area contributed by atoms with Gasteiger partial charge >= 0.3 is 0 Å². The van der Waals surface area contributed by atoms with Crippen LogP contribution in [0.15, 0.2) is 42.7 Å². The molecule has 6 nitrogen and oxygen atoms in total. The highest BCUT2D eigenvalue weighted by Gasteiger charge is 2.30. The molecule has 0 aliphatic rings. The highest BCUT2D eigenvalue weighted by molar-refractivity contribution is 7.87. The SMILES string of the molecule is CCNS(=O)(=O)N(C)C(c1ccc(F)cc1)c1ncccn1. The first kappa shape index (κ1) is 16.5. The van der Waals surface area contributed by atoms with E-state index in [4.69, 9.17) is 0 Å². The Hall–Kier alpha value is -1.90. The van der Waals surface area contributed by atoms with Crippen molar-refractivity contribution < 1.29 is 12.8 Å². The van der Waals surface area contributed by atoms with Crippen LogP contribution in [-0.4, -0.2) is 36.3 Å². The Bertz CT molecular complexity index is 707. The van der Waals surface area contributed by atoms with Gasteiger partial charge in [-0.25, -0.2) is 19.1 Å². The first-order valence-electron chi connectivity index (χ1n) is 6.70. The van der Waals surface area contributed by atoms with Gasteiger partial charge in [-0.2, -0.15) is 12.7 Å². The van der Waals surface area contributed by atoms with E-state index < -0.39 is 22.1 Å². The minimum absolute atomic E-state index is 0.262. The lowest BCUT2D eigenvalue weighted by molar-refractivity contribution is 0.397. The minimum atomic E-state index is -3.71. The quantitative estimate of drug-likeness (QED) is 0.873. The number of benzene rings is 1. The molecule has 1 aromatic heterocycles. The van der Waals surface area contributed by atoms with Crippen molar-refractivity contribution in [2.24, 2.45) is 0 Å². The Morgan fingerprint density at radius 3 is 2.36 bits per heavy atom. The van der Waals surface area contributed by atoms with E-state index in [1.807, 2.05) is 0 Å². The predicted octanol–water partition coefficient (Wildman–Crippen LogP) is 1.49. The number of rotatable bonds is 6. The van der Waals surface area contributed by atoms with Gasteiger partial charge in [0.1, 0.15) is 11.9 Å². The van der Waals surface area contributed by atoms with Crippen LogP contribution < -0.4 is 4.72 Å². The molecule has 0 bridgehead atoms. The van der Waals surface area contributed by atoms with Crippen LogP contribution in [0.25, 0.3) is 0 Å². The fraction of sp³-hybridized carbons (Fsp3) is 0.286. The van der Waals surface area contributed by atoms with Crippen LogP contribution in [0.1, 0.15) is 24.4 Å². The van der Waals surface area contributed by atoms with Crippen LogP contribution in [0, 0.1) is 5.82 Å². The van der Waals surface area contributed by atoms with Crippen LogP contribution in [-0.2, 0) is 10.2 Å².